The summed E-state index contributed by atoms with van der Waals surface area (Å²) in [5.41, 5.74) is 6.81. The summed E-state index contributed by atoms with van der Waals surface area (Å²) < 4.78 is 0. The lowest BCUT2D eigenvalue weighted by molar-refractivity contribution is 0.503. The number of rotatable bonds is 6. The van der Waals surface area contributed by atoms with Crippen LogP contribution in [0.25, 0.3) is 0 Å². The minimum absolute atomic E-state index is 0.408. The Morgan fingerprint density at radius 1 is 1.37 bits per heavy atom. The fourth-order valence-corrected chi connectivity index (χ4v) is 2.32. The zero-order valence-corrected chi connectivity index (χ0v) is 12.3. The molecule has 1 rings (SSSR count). The van der Waals surface area contributed by atoms with E-state index >= 15 is 0 Å². The van der Waals surface area contributed by atoms with Crippen LogP contribution in [-0.4, -0.2) is 17.6 Å². The molecule has 0 aromatic carbocycles. The molecule has 0 spiro atoms. The van der Waals surface area contributed by atoms with Crippen molar-refractivity contribution >= 4 is 11.5 Å². The summed E-state index contributed by atoms with van der Waals surface area (Å²) in [5, 5.41) is 9.28. The molecule has 4 nitrogen and oxygen atoms in total. The Morgan fingerprint density at radius 2 is 2.00 bits per heavy atom. The molecule has 2 N–H and O–H groups in total. The van der Waals surface area contributed by atoms with E-state index in [1.807, 2.05) is 0 Å². The van der Waals surface area contributed by atoms with E-state index in [1.54, 1.807) is 12.3 Å². The van der Waals surface area contributed by atoms with Crippen LogP contribution in [0.3, 0.4) is 0 Å². The van der Waals surface area contributed by atoms with Gasteiger partial charge in [-0.1, -0.05) is 27.7 Å². The zero-order valence-electron chi connectivity index (χ0n) is 12.3. The van der Waals surface area contributed by atoms with Crippen molar-refractivity contribution in [2.75, 3.05) is 17.2 Å². The number of nitriles is 1. The van der Waals surface area contributed by atoms with Crippen LogP contribution in [-0.2, 0) is 0 Å². The van der Waals surface area contributed by atoms with Crippen LogP contribution in [0, 0.1) is 17.2 Å². The summed E-state index contributed by atoms with van der Waals surface area (Å²) in [4.78, 5) is 6.65. The molecule has 1 aromatic rings. The first-order valence-corrected chi connectivity index (χ1v) is 6.95. The van der Waals surface area contributed by atoms with Crippen LogP contribution in [0.15, 0.2) is 12.3 Å². The van der Waals surface area contributed by atoms with Crippen molar-refractivity contribution in [3.63, 3.8) is 0 Å². The smallest absolute Gasteiger partial charge is 0.146 e. The second kappa shape index (κ2) is 6.98. The SMILES string of the molecule is CCC(CC)N(CC(C)C)c1ncc(N)cc1C#N. The van der Waals surface area contributed by atoms with Gasteiger partial charge in [0.15, 0.2) is 0 Å². The largest absolute Gasteiger partial charge is 0.397 e. The zero-order chi connectivity index (χ0) is 14.4. The number of nitrogen functional groups attached to an aromatic ring is 1. The Morgan fingerprint density at radius 3 is 2.47 bits per heavy atom. The Labute approximate surface area is 116 Å². The second-order valence-electron chi connectivity index (χ2n) is 5.27. The van der Waals surface area contributed by atoms with Crippen molar-refractivity contribution in [2.24, 2.45) is 5.92 Å². The maximum atomic E-state index is 9.28. The first-order valence-electron chi connectivity index (χ1n) is 6.95. The van der Waals surface area contributed by atoms with E-state index in [2.05, 4.69) is 43.6 Å². The summed E-state index contributed by atoms with van der Waals surface area (Å²) in [6.07, 6.45) is 3.71. The monoisotopic (exact) mass is 260 g/mol. The normalized spacial score (nSPS) is 10.8. The molecule has 0 atom stereocenters. The van der Waals surface area contributed by atoms with Gasteiger partial charge in [0.25, 0.3) is 0 Å². The van der Waals surface area contributed by atoms with E-state index in [9.17, 15) is 5.26 Å². The van der Waals surface area contributed by atoms with Crippen LogP contribution in [0.5, 0.6) is 0 Å². The lowest BCUT2D eigenvalue weighted by atomic mass is 10.1. The molecule has 0 bridgehead atoms. The van der Waals surface area contributed by atoms with Crippen LogP contribution in [0.4, 0.5) is 11.5 Å². The summed E-state index contributed by atoms with van der Waals surface area (Å²) >= 11 is 0. The molecule has 0 fully saturated rings. The lowest BCUT2D eigenvalue weighted by Gasteiger charge is -2.33. The van der Waals surface area contributed by atoms with Crippen LogP contribution in [0.2, 0.25) is 0 Å². The lowest BCUT2D eigenvalue weighted by Crippen LogP contribution is -2.38. The first-order chi connectivity index (χ1) is 9.03. The Balaban J connectivity index is 3.20. The molecule has 104 valence electrons. The summed E-state index contributed by atoms with van der Waals surface area (Å²) in [6.45, 7) is 9.60. The number of nitrogens with zero attached hydrogens (tertiary/aromatic N) is 3. The highest BCUT2D eigenvalue weighted by Gasteiger charge is 2.21. The van der Waals surface area contributed by atoms with Gasteiger partial charge in [-0.3, -0.25) is 0 Å². The number of nitrogens with two attached hydrogens (primary N) is 1. The molecule has 0 radical (unpaired) electrons. The Hall–Kier alpha value is -1.76. The number of hydrogen-bond acceptors (Lipinski definition) is 4. The molecule has 4 heteroatoms. The van der Waals surface area contributed by atoms with Gasteiger partial charge >= 0.3 is 0 Å². The maximum absolute atomic E-state index is 9.28. The van der Waals surface area contributed by atoms with Gasteiger partial charge in [-0.2, -0.15) is 5.26 Å². The first kappa shape index (κ1) is 15.3. The van der Waals surface area contributed by atoms with E-state index in [1.165, 1.54) is 0 Å². The standard InChI is InChI=1S/C15H24N4/c1-5-14(6-2)19(10-11(3)4)15-12(8-16)7-13(17)9-18-15/h7,9,11,14H,5-6,10,17H2,1-4H3. The van der Waals surface area contributed by atoms with Gasteiger partial charge in [0, 0.05) is 12.6 Å². The minimum Gasteiger partial charge on any atom is -0.397 e. The Bertz CT molecular complexity index is 444. The third-order valence-electron chi connectivity index (χ3n) is 3.23. The van der Waals surface area contributed by atoms with Crippen molar-refractivity contribution < 1.29 is 0 Å². The molecule has 0 unspecified atom stereocenters. The van der Waals surface area contributed by atoms with Gasteiger partial charge < -0.3 is 10.6 Å². The average Bonchev–Trinajstić information content (AvgIpc) is 2.38. The van der Waals surface area contributed by atoms with Gasteiger partial charge in [0.2, 0.25) is 0 Å². The molecule has 1 aromatic heterocycles. The van der Waals surface area contributed by atoms with Gasteiger partial charge in [0.05, 0.1) is 17.4 Å². The van der Waals surface area contributed by atoms with Crippen molar-refractivity contribution in [3.05, 3.63) is 17.8 Å². The molecular formula is C15H24N4. The molecule has 0 saturated carbocycles. The van der Waals surface area contributed by atoms with Gasteiger partial charge in [-0.15, -0.1) is 0 Å². The molecule has 1 heterocycles. The Kier molecular flexibility index (Phi) is 5.62. The third kappa shape index (κ3) is 3.85. The van der Waals surface area contributed by atoms with Gasteiger partial charge in [-0.25, -0.2) is 4.98 Å². The highest BCUT2D eigenvalue weighted by molar-refractivity contribution is 5.59. The summed E-state index contributed by atoms with van der Waals surface area (Å²) in [6, 6.07) is 4.32. The number of hydrogen-bond donors (Lipinski definition) is 1. The molecule has 0 saturated heterocycles. The summed E-state index contributed by atoms with van der Waals surface area (Å²) in [7, 11) is 0. The van der Waals surface area contributed by atoms with Crippen LogP contribution in [0.1, 0.15) is 46.1 Å². The highest BCUT2D eigenvalue weighted by atomic mass is 15.2. The van der Waals surface area contributed by atoms with E-state index in [-0.39, 0.29) is 0 Å². The van der Waals surface area contributed by atoms with E-state index in [0.717, 1.165) is 25.2 Å². The molecule has 0 aliphatic carbocycles. The van der Waals surface area contributed by atoms with E-state index in [0.29, 0.717) is 23.2 Å². The average molecular weight is 260 g/mol. The van der Waals surface area contributed by atoms with Gasteiger partial charge in [-0.05, 0) is 24.8 Å². The number of aromatic nitrogens is 1. The molecule has 19 heavy (non-hydrogen) atoms. The van der Waals surface area contributed by atoms with Crippen molar-refractivity contribution in [3.8, 4) is 6.07 Å². The fraction of sp³-hybridized carbons (Fsp3) is 0.600. The highest BCUT2D eigenvalue weighted by Crippen LogP contribution is 2.24. The van der Waals surface area contributed by atoms with Crippen LogP contribution < -0.4 is 10.6 Å². The van der Waals surface area contributed by atoms with E-state index < -0.39 is 0 Å². The number of anilines is 2. The van der Waals surface area contributed by atoms with Crippen molar-refractivity contribution in [2.45, 2.75) is 46.6 Å². The molecule has 0 aliphatic rings. The maximum Gasteiger partial charge on any atom is 0.146 e. The quantitative estimate of drug-likeness (QED) is 0.853. The molecular weight excluding hydrogens is 236 g/mol. The fourth-order valence-electron chi connectivity index (χ4n) is 2.32. The molecule has 0 amide bonds. The molecule has 0 aliphatic heterocycles. The third-order valence-corrected chi connectivity index (χ3v) is 3.23. The van der Waals surface area contributed by atoms with E-state index in [4.69, 9.17) is 5.73 Å². The van der Waals surface area contributed by atoms with Crippen molar-refractivity contribution in [1.82, 2.24) is 4.98 Å². The minimum atomic E-state index is 0.408. The predicted octanol–water partition coefficient (Wildman–Crippen LogP) is 3.19. The van der Waals surface area contributed by atoms with Crippen molar-refractivity contribution in [1.29, 1.82) is 5.26 Å². The summed E-state index contributed by atoms with van der Waals surface area (Å²) in [5.74, 6) is 1.28. The van der Waals surface area contributed by atoms with Gasteiger partial charge in [0.1, 0.15) is 11.9 Å². The predicted molar refractivity (Wildman–Crippen MR) is 79.9 cm³/mol. The second-order valence-corrected chi connectivity index (χ2v) is 5.27. The topological polar surface area (TPSA) is 65.9 Å². The van der Waals surface area contributed by atoms with Crippen LogP contribution >= 0.6 is 0 Å². The number of pyridine rings is 1.